The van der Waals surface area contributed by atoms with Crippen LogP contribution < -0.4 is 5.32 Å². The van der Waals surface area contributed by atoms with Gasteiger partial charge in [0.05, 0.1) is 0 Å². The highest BCUT2D eigenvalue weighted by molar-refractivity contribution is 6.04. The highest BCUT2D eigenvalue weighted by atomic mass is 19.4. The molecule has 0 aliphatic carbocycles. The predicted octanol–water partition coefficient (Wildman–Crippen LogP) is 3.29. The maximum atomic E-state index is 13.9. The second-order valence-electron chi connectivity index (χ2n) is 5.33. The Morgan fingerprint density at radius 3 is 2.48 bits per heavy atom. The average molecular weight is 389 g/mol. The van der Waals surface area contributed by atoms with Crippen LogP contribution in [-0.2, 0) is 13.2 Å². The zero-order valence-corrected chi connectivity index (χ0v) is 13.4. The zero-order chi connectivity index (χ0) is 19.9. The fraction of sp³-hybridized carbons (Fsp3) is 0.133. The zero-order valence-electron chi connectivity index (χ0n) is 13.4. The number of alkyl halides is 3. The van der Waals surface area contributed by atoms with Crippen molar-refractivity contribution >= 4 is 11.7 Å². The van der Waals surface area contributed by atoms with Crippen LogP contribution in [0.5, 0.6) is 0 Å². The van der Waals surface area contributed by atoms with Crippen molar-refractivity contribution in [3.8, 4) is 5.69 Å². The van der Waals surface area contributed by atoms with E-state index in [1.54, 1.807) is 0 Å². The number of benzene rings is 1. The maximum absolute atomic E-state index is 13.9. The summed E-state index contributed by atoms with van der Waals surface area (Å²) in [5, 5.41) is 8.65. The Kier molecular flexibility index (Phi) is 4.41. The Bertz CT molecular complexity index is 1020. The van der Waals surface area contributed by atoms with Gasteiger partial charge in [0.2, 0.25) is 5.95 Å². The van der Waals surface area contributed by atoms with Crippen LogP contribution in [0.2, 0.25) is 0 Å². The number of hydrogen-bond acceptors (Lipinski definition) is 3. The lowest BCUT2D eigenvalue weighted by Gasteiger charge is -2.06. The lowest BCUT2D eigenvalue weighted by Crippen LogP contribution is -2.19. The van der Waals surface area contributed by atoms with Gasteiger partial charge in [0, 0.05) is 25.4 Å². The Balaban J connectivity index is 1.91. The first-order valence-corrected chi connectivity index (χ1v) is 7.20. The number of nitrogens with one attached hydrogen (secondary N) is 1. The number of anilines is 1. The second kappa shape index (κ2) is 6.45. The standard InChI is InChI=1S/C15H9F6N5O/c1-25-13(18)11(12(24-25)15(19,20)21)14(27)22-10-4-5-26(23-10)9-6-7(16)2-3-8(9)17/h2-6H,1H3,(H,22,23,27). The van der Waals surface area contributed by atoms with Crippen LogP contribution in [0.4, 0.5) is 32.2 Å². The van der Waals surface area contributed by atoms with Crippen LogP contribution >= 0.6 is 0 Å². The van der Waals surface area contributed by atoms with E-state index in [1.165, 1.54) is 0 Å². The van der Waals surface area contributed by atoms with Crippen LogP contribution in [0.1, 0.15) is 16.1 Å². The number of carbonyl (C=O) groups is 1. The monoisotopic (exact) mass is 389 g/mol. The van der Waals surface area contributed by atoms with Gasteiger partial charge in [-0.2, -0.15) is 22.7 Å². The highest BCUT2D eigenvalue weighted by Crippen LogP contribution is 2.32. The quantitative estimate of drug-likeness (QED) is 0.700. The summed E-state index contributed by atoms with van der Waals surface area (Å²) in [5.41, 5.74) is -3.30. The van der Waals surface area contributed by atoms with Crippen LogP contribution in [-0.4, -0.2) is 25.5 Å². The van der Waals surface area contributed by atoms with Crippen molar-refractivity contribution in [2.45, 2.75) is 6.18 Å². The van der Waals surface area contributed by atoms with Gasteiger partial charge in [0.25, 0.3) is 5.91 Å². The molecule has 3 rings (SSSR count). The number of halogens is 6. The summed E-state index contributed by atoms with van der Waals surface area (Å²) >= 11 is 0. The third-order valence-electron chi connectivity index (χ3n) is 3.46. The molecule has 3 aromatic rings. The van der Waals surface area contributed by atoms with Crippen LogP contribution in [0, 0.1) is 17.6 Å². The number of amides is 1. The summed E-state index contributed by atoms with van der Waals surface area (Å²) in [5.74, 6) is -4.82. The molecule has 0 aliphatic rings. The predicted molar refractivity (Wildman–Crippen MR) is 79.6 cm³/mol. The fourth-order valence-electron chi connectivity index (χ4n) is 2.27. The molecule has 0 aliphatic heterocycles. The van der Waals surface area contributed by atoms with Crippen molar-refractivity contribution in [2.24, 2.45) is 7.05 Å². The van der Waals surface area contributed by atoms with Crippen molar-refractivity contribution in [3.05, 3.63) is 59.3 Å². The van der Waals surface area contributed by atoms with Gasteiger partial charge in [0.15, 0.2) is 11.5 Å². The summed E-state index contributed by atoms with van der Waals surface area (Å²) in [4.78, 5) is 12.1. The molecule has 2 aromatic heterocycles. The van der Waals surface area contributed by atoms with Gasteiger partial charge in [-0.25, -0.2) is 18.1 Å². The molecule has 6 nitrogen and oxygen atoms in total. The molecule has 0 atom stereocenters. The molecular formula is C15H9F6N5O. The van der Waals surface area contributed by atoms with Crippen molar-refractivity contribution in [1.82, 2.24) is 19.6 Å². The molecule has 1 aromatic carbocycles. The Morgan fingerprint density at radius 2 is 1.81 bits per heavy atom. The molecule has 27 heavy (non-hydrogen) atoms. The smallest absolute Gasteiger partial charge is 0.305 e. The maximum Gasteiger partial charge on any atom is 0.436 e. The lowest BCUT2D eigenvalue weighted by molar-refractivity contribution is -0.141. The van der Waals surface area contributed by atoms with Gasteiger partial charge in [-0.1, -0.05) is 0 Å². The Morgan fingerprint density at radius 1 is 1.11 bits per heavy atom. The molecule has 0 fully saturated rings. The topological polar surface area (TPSA) is 64.7 Å². The minimum absolute atomic E-state index is 0.276. The van der Waals surface area contributed by atoms with Gasteiger partial charge in [-0.15, -0.1) is 5.10 Å². The van der Waals surface area contributed by atoms with Crippen LogP contribution in [0.25, 0.3) is 5.69 Å². The fourth-order valence-corrected chi connectivity index (χ4v) is 2.27. The van der Waals surface area contributed by atoms with Crippen LogP contribution in [0.15, 0.2) is 30.5 Å². The molecule has 0 unspecified atom stereocenters. The minimum atomic E-state index is -5.06. The molecule has 2 heterocycles. The van der Waals surface area contributed by atoms with E-state index in [2.05, 4.69) is 10.2 Å². The Labute approximate surface area is 147 Å². The van der Waals surface area contributed by atoms with Crippen LogP contribution in [0.3, 0.4) is 0 Å². The van der Waals surface area contributed by atoms with E-state index in [1.807, 2.05) is 5.32 Å². The Hall–Kier alpha value is -3.31. The third-order valence-corrected chi connectivity index (χ3v) is 3.46. The molecule has 0 radical (unpaired) electrons. The van der Waals surface area contributed by atoms with Crippen molar-refractivity contribution in [1.29, 1.82) is 0 Å². The van der Waals surface area contributed by atoms with Gasteiger partial charge in [0.1, 0.15) is 22.9 Å². The van der Waals surface area contributed by atoms with Gasteiger partial charge in [-0.3, -0.25) is 4.79 Å². The second-order valence-corrected chi connectivity index (χ2v) is 5.33. The minimum Gasteiger partial charge on any atom is -0.305 e. The van der Waals surface area contributed by atoms with E-state index >= 15 is 0 Å². The lowest BCUT2D eigenvalue weighted by atomic mass is 10.2. The molecule has 0 bridgehead atoms. The number of rotatable bonds is 3. The van der Waals surface area contributed by atoms with Gasteiger partial charge >= 0.3 is 6.18 Å². The van der Waals surface area contributed by atoms with E-state index in [0.717, 1.165) is 42.2 Å². The molecule has 0 saturated heterocycles. The van der Waals surface area contributed by atoms with E-state index in [9.17, 15) is 31.1 Å². The molecule has 0 saturated carbocycles. The largest absolute Gasteiger partial charge is 0.436 e. The molecular weight excluding hydrogens is 380 g/mol. The first-order chi connectivity index (χ1) is 12.6. The first-order valence-electron chi connectivity index (χ1n) is 7.20. The number of aromatic nitrogens is 4. The van der Waals surface area contributed by atoms with E-state index in [0.29, 0.717) is 0 Å². The molecule has 142 valence electrons. The highest BCUT2D eigenvalue weighted by Gasteiger charge is 2.41. The summed E-state index contributed by atoms with van der Waals surface area (Å²) in [6.07, 6.45) is -3.92. The summed E-state index contributed by atoms with van der Waals surface area (Å²) in [6, 6.07) is 3.68. The van der Waals surface area contributed by atoms with Crippen molar-refractivity contribution in [3.63, 3.8) is 0 Å². The summed E-state index contributed by atoms with van der Waals surface area (Å²) < 4.78 is 80.8. The third kappa shape index (κ3) is 3.50. The number of carbonyl (C=O) groups excluding carboxylic acids is 1. The molecule has 0 spiro atoms. The summed E-state index contributed by atoms with van der Waals surface area (Å²) in [7, 11) is 0.906. The van der Waals surface area contributed by atoms with Crippen molar-refractivity contribution in [2.75, 3.05) is 5.32 Å². The van der Waals surface area contributed by atoms with Crippen molar-refractivity contribution < 1.29 is 31.1 Å². The molecule has 1 N–H and O–H groups in total. The normalized spacial score (nSPS) is 11.7. The van der Waals surface area contributed by atoms with Gasteiger partial charge in [-0.05, 0) is 12.1 Å². The van der Waals surface area contributed by atoms with Gasteiger partial charge < -0.3 is 5.32 Å². The number of aryl methyl sites for hydroxylation is 1. The van der Waals surface area contributed by atoms with E-state index < -0.39 is 40.9 Å². The molecule has 1 amide bonds. The first kappa shape index (κ1) is 18.5. The van der Waals surface area contributed by atoms with E-state index in [4.69, 9.17) is 0 Å². The number of nitrogens with zero attached hydrogens (tertiary/aromatic N) is 4. The average Bonchev–Trinajstić information content (AvgIpc) is 3.15. The SMILES string of the molecule is Cn1nc(C(F)(F)F)c(C(=O)Nc2ccn(-c3cc(F)ccc3F)n2)c1F. The number of hydrogen-bond donors (Lipinski definition) is 1. The van der Waals surface area contributed by atoms with E-state index in [-0.39, 0.29) is 16.2 Å². The summed E-state index contributed by atoms with van der Waals surface area (Å²) in [6.45, 7) is 0. The molecule has 12 heteroatoms.